The lowest BCUT2D eigenvalue weighted by molar-refractivity contribution is -0.161. The first kappa shape index (κ1) is 68.8. The van der Waals surface area contributed by atoms with Crippen LogP contribution in [0.2, 0.25) is 0 Å². The maximum absolute atomic E-state index is 13.2. The molecular formula is C66H104O9S3. The first-order chi connectivity index (χ1) is 35.9. The Morgan fingerprint density at radius 3 is 0.833 bits per heavy atom. The molecule has 0 radical (unpaired) electrons. The molecule has 3 rings (SSSR count). The summed E-state index contributed by atoms with van der Waals surface area (Å²) >= 11 is 5.02. The van der Waals surface area contributed by atoms with E-state index in [4.69, 9.17) is 14.2 Å². The van der Waals surface area contributed by atoms with Crippen molar-refractivity contribution in [1.29, 1.82) is 0 Å². The smallest absolute Gasteiger partial charge is 0.306 e. The molecule has 0 aliphatic heterocycles. The minimum atomic E-state index is -0.922. The number of phenolic OH excluding ortho intramolecular Hbond substituents is 3. The number of carbonyl (C=O) groups is 3. The molecule has 0 aliphatic carbocycles. The second-order valence-corrected chi connectivity index (χ2v) is 31.5. The Balaban J connectivity index is 1.58. The van der Waals surface area contributed by atoms with Gasteiger partial charge in [-0.05, 0) is 145 Å². The summed E-state index contributed by atoms with van der Waals surface area (Å²) in [6.45, 7) is 40.6. The topological polar surface area (TPSA) is 140 Å². The highest BCUT2D eigenvalue weighted by molar-refractivity contribution is 7.99. The van der Waals surface area contributed by atoms with Gasteiger partial charge in [0.2, 0.25) is 0 Å². The van der Waals surface area contributed by atoms with Crippen LogP contribution in [0.4, 0.5) is 0 Å². The molecule has 0 saturated carbocycles. The fraction of sp³-hybridized carbons (Fsp3) is 0.682. The van der Waals surface area contributed by atoms with Crippen LogP contribution in [0.15, 0.2) is 36.4 Å². The highest BCUT2D eigenvalue weighted by Crippen LogP contribution is 2.41. The normalized spacial score (nSPS) is 13.0. The van der Waals surface area contributed by atoms with Gasteiger partial charge in [0.1, 0.15) is 37.1 Å². The Bertz CT molecular complexity index is 2150. The average molecular weight is 1140 g/mol. The summed E-state index contributed by atoms with van der Waals surface area (Å²) < 4.78 is 17.6. The first-order valence-corrected chi connectivity index (χ1v) is 32.2. The summed E-state index contributed by atoms with van der Waals surface area (Å²) in [4.78, 5) is 39.7. The van der Waals surface area contributed by atoms with Gasteiger partial charge in [-0.1, -0.05) is 168 Å². The monoisotopic (exact) mass is 1140 g/mol. The van der Waals surface area contributed by atoms with E-state index in [2.05, 4.69) is 161 Å². The highest BCUT2D eigenvalue weighted by Gasteiger charge is 2.35. The zero-order valence-electron chi connectivity index (χ0n) is 51.9. The number of benzene rings is 3. The van der Waals surface area contributed by atoms with Crippen molar-refractivity contribution in [2.45, 2.75) is 228 Å². The summed E-state index contributed by atoms with van der Waals surface area (Å²) in [5.41, 5.74) is 7.72. The first-order valence-electron chi connectivity index (χ1n) is 28.7. The standard InChI is InChI=1S/C66H104O9S3/c1-20-66(42-73-54(67)27-33-76-30-21-24-45-36-48(60(2,3)4)39-51(57(45)70)63(11,12)13,43-74-55(68)28-34-77-31-22-25-46-37-49(61(5,6)7)40-52(58(46)71)64(14,15)16)44-75-56(69)29-35-78-32-23-26-47-38-50(62(8,9)10)41-53(59(47)72)65(17,18)19/h36-41,70-72H,20-35,42-44H2,1-19H3. The predicted molar refractivity (Wildman–Crippen MR) is 333 cm³/mol. The van der Waals surface area contributed by atoms with E-state index in [1.807, 2.05) is 6.92 Å². The third-order valence-corrected chi connectivity index (χ3v) is 17.7. The second-order valence-electron chi connectivity index (χ2n) is 27.8. The molecular weight excluding hydrogens is 1030 g/mol. The van der Waals surface area contributed by atoms with Gasteiger partial charge in [-0.15, -0.1) is 0 Å². The van der Waals surface area contributed by atoms with Crippen LogP contribution in [0.1, 0.15) is 227 Å². The molecule has 0 spiro atoms. The third-order valence-electron chi connectivity index (χ3n) is 14.5. The van der Waals surface area contributed by atoms with E-state index in [0.29, 0.717) is 40.9 Å². The van der Waals surface area contributed by atoms with Crippen LogP contribution in [0.25, 0.3) is 0 Å². The van der Waals surface area contributed by atoms with Gasteiger partial charge in [0.25, 0.3) is 0 Å². The molecule has 0 atom stereocenters. The number of esters is 3. The van der Waals surface area contributed by atoms with E-state index in [-0.39, 0.29) is 89.5 Å². The van der Waals surface area contributed by atoms with Crippen molar-refractivity contribution in [2.24, 2.45) is 5.41 Å². The maximum Gasteiger partial charge on any atom is 0.306 e. The van der Waals surface area contributed by atoms with Gasteiger partial charge in [-0.25, -0.2) is 0 Å². The molecule has 0 heterocycles. The van der Waals surface area contributed by atoms with Crippen molar-refractivity contribution in [1.82, 2.24) is 0 Å². The van der Waals surface area contributed by atoms with Crippen molar-refractivity contribution >= 4 is 53.2 Å². The number of aryl methyl sites for hydroxylation is 3. The molecule has 0 unspecified atom stereocenters. The van der Waals surface area contributed by atoms with E-state index < -0.39 is 5.41 Å². The average Bonchev–Trinajstić information content (AvgIpc) is 3.31. The Hall–Kier alpha value is -3.48. The maximum atomic E-state index is 13.2. The van der Waals surface area contributed by atoms with Crippen molar-refractivity contribution in [3.63, 3.8) is 0 Å². The Kier molecular flexibility index (Phi) is 26.0. The van der Waals surface area contributed by atoms with Gasteiger partial charge < -0.3 is 29.5 Å². The van der Waals surface area contributed by atoms with Crippen LogP contribution in [-0.4, -0.2) is 87.6 Å². The summed E-state index contributed by atoms with van der Waals surface area (Å²) in [6, 6.07) is 12.8. The number of carbonyl (C=O) groups excluding carboxylic acids is 3. The molecule has 0 saturated heterocycles. The van der Waals surface area contributed by atoms with Gasteiger partial charge in [0.05, 0.1) is 24.7 Å². The highest BCUT2D eigenvalue weighted by atomic mass is 32.2. The van der Waals surface area contributed by atoms with Crippen molar-refractivity contribution in [3.8, 4) is 17.2 Å². The molecule has 9 nitrogen and oxygen atoms in total. The Morgan fingerprint density at radius 2 is 0.628 bits per heavy atom. The molecule has 3 aromatic carbocycles. The van der Waals surface area contributed by atoms with Gasteiger partial charge in [-0.2, -0.15) is 35.3 Å². The minimum Gasteiger partial charge on any atom is -0.507 e. The molecule has 0 fully saturated rings. The van der Waals surface area contributed by atoms with Crippen molar-refractivity contribution in [2.75, 3.05) is 54.3 Å². The van der Waals surface area contributed by atoms with E-state index in [1.54, 1.807) is 35.3 Å². The molecule has 0 bridgehead atoms. The van der Waals surface area contributed by atoms with E-state index in [9.17, 15) is 29.7 Å². The van der Waals surface area contributed by atoms with Crippen LogP contribution in [0.5, 0.6) is 17.2 Å². The van der Waals surface area contributed by atoms with Gasteiger partial charge in [-0.3, -0.25) is 14.4 Å². The Labute approximate surface area is 486 Å². The largest absolute Gasteiger partial charge is 0.507 e. The van der Waals surface area contributed by atoms with Crippen LogP contribution in [0, 0.1) is 5.41 Å². The number of phenols is 3. The zero-order chi connectivity index (χ0) is 59.1. The molecule has 440 valence electrons. The third kappa shape index (κ3) is 22.5. The molecule has 0 amide bonds. The van der Waals surface area contributed by atoms with Gasteiger partial charge in [0, 0.05) is 17.3 Å². The summed E-state index contributed by atoms with van der Waals surface area (Å²) in [6.07, 6.45) is 5.80. The number of hydrogen-bond acceptors (Lipinski definition) is 12. The molecule has 12 heteroatoms. The fourth-order valence-electron chi connectivity index (χ4n) is 8.88. The molecule has 3 aromatic rings. The number of rotatable bonds is 28. The number of thioether (sulfide) groups is 3. The number of aromatic hydroxyl groups is 3. The minimum absolute atomic E-state index is 0.0502. The molecule has 3 N–H and O–H groups in total. The summed E-state index contributed by atoms with van der Waals surface area (Å²) in [5, 5.41) is 33.7. The lowest BCUT2D eigenvalue weighted by atomic mass is 9.78. The lowest BCUT2D eigenvalue weighted by Gasteiger charge is -2.31. The Morgan fingerprint density at radius 1 is 0.385 bits per heavy atom. The zero-order valence-corrected chi connectivity index (χ0v) is 54.4. The van der Waals surface area contributed by atoms with E-state index in [1.165, 1.54) is 16.7 Å². The lowest BCUT2D eigenvalue weighted by Crippen LogP contribution is -2.39. The second kappa shape index (κ2) is 29.5. The van der Waals surface area contributed by atoms with Crippen LogP contribution in [-0.2, 0) is 80.3 Å². The van der Waals surface area contributed by atoms with Crippen LogP contribution >= 0.6 is 35.3 Å². The van der Waals surface area contributed by atoms with Crippen molar-refractivity contribution in [3.05, 3.63) is 86.5 Å². The summed E-state index contributed by atoms with van der Waals surface area (Å²) in [7, 11) is 0. The summed E-state index contributed by atoms with van der Waals surface area (Å²) in [5.74, 6) is 4.21. The fourth-order valence-corrected chi connectivity index (χ4v) is 11.5. The quantitative estimate of drug-likeness (QED) is 0.0362. The van der Waals surface area contributed by atoms with Crippen LogP contribution in [0.3, 0.4) is 0 Å². The molecule has 0 aliphatic rings. The van der Waals surface area contributed by atoms with E-state index in [0.717, 1.165) is 89.2 Å². The van der Waals surface area contributed by atoms with E-state index >= 15 is 0 Å². The SMILES string of the molecule is CCC(COC(=O)CCSCCCc1cc(C(C)(C)C)cc(C(C)(C)C)c1O)(COC(=O)CCSCCCc1cc(C(C)(C)C)cc(C(C)(C)C)c1O)COC(=O)CCSCCCc1cc(C(C)(C)C)cc(C(C)(C)C)c1O. The molecule has 78 heavy (non-hydrogen) atoms. The number of hydrogen-bond donors (Lipinski definition) is 3. The van der Waals surface area contributed by atoms with Crippen molar-refractivity contribution < 1.29 is 43.9 Å². The predicted octanol–water partition coefficient (Wildman–Crippen LogP) is 16.2. The molecule has 0 aromatic heterocycles. The van der Waals surface area contributed by atoms with Gasteiger partial charge >= 0.3 is 17.9 Å². The number of ether oxygens (including phenoxy) is 3. The van der Waals surface area contributed by atoms with Crippen LogP contribution < -0.4 is 0 Å². The van der Waals surface area contributed by atoms with Gasteiger partial charge in [0.15, 0.2) is 0 Å².